The van der Waals surface area contributed by atoms with Crippen LogP contribution in [0.2, 0.25) is 0 Å². The summed E-state index contributed by atoms with van der Waals surface area (Å²) >= 11 is 0. The number of rotatable bonds is 5. The van der Waals surface area contributed by atoms with E-state index in [-0.39, 0.29) is 12.6 Å². The minimum Gasteiger partial charge on any atom is -0.445 e. The first-order valence-corrected chi connectivity index (χ1v) is 10.5. The second-order valence-electron chi connectivity index (χ2n) is 8.23. The molecule has 0 aliphatic carbocycles. The minimum absolute atomic E-state index is 0.0523. The van der Waals surface area contributed by atoms with E-state index in [9.17, 15) is 4.79 Å². The molecule has 4 rings (SSSR count). The van der Waals surface area contributed by atoms with Gasteiger partial charge in [-0.15, -0.1) is 0 Å². The van der Waals surface area contributed by atoms with E-state index < -0.39 is 6.09 Å². The van der Waals surface area contributed by atoms with Crippen LogP contribution in [-0.4, -0.2) is 17.1 Å². The highest BCUT2D eigenvalue weighted by Crippen LogP contribution is 2.34. The number of nitrogens with zero attached hydrogens (tertiary/aromatic N) is 1. The Bertz CT molecular complexity index is 1250. The molecule has 1 amide bonds. The van der Waals surface area contributed by atoms with Crippen LogP contribution in [0, 0.1) is 13.8 Å². The van der Waals surface area contributed by atoms with Gasteiger partial charge in [0.1, 0.15) is 6.61 Å². The number of anilines is 2. The van der Waals surface area contributed by atoms with Crippen molar-refractivity contribution in [3.8, 4) is 0 Å². The zero-order valence-corrected chi connectivity index (χ0v) is 18.3. The molecule has 0 saturated carbocycles. The van der Waals surface area contributed by atoms with E-state index in [1.54, 1.807) is 0 Å². The second kappa shape index (κ2) is 8.64. The van der Waals surface area contributed by atoms with Crippen molar-refractivity contribution in [1.29, 1.82) is 0 Å². The maximum absolute atomic E-state index is 11.7. The number of nitrogens with one attached hydrogen (secondary N) is 2. The van der Waals surface area contributed by atoms with Gasteiger partial charge in [-0.2, -0.15) is 0 Å². The topological polar surface area (TPSA) is 63.2 Å². The van der Waals surface area contributed by atoms with Gasteiger partial charge in [-0.1, -0.05) is 35.9 Å². The highest BCUT2D eigenvalue weighted by atomic mass is 16.5. The molecule has 0 spiro atoms. The Morgan fingerprint density at radius 1 is 0.903 bits per heavy atom. The third-order valence-electron chi connectivity index (χ3n) is 5.08. The largest absolute Gasteiger partial charge is 0.445 e. The van der Waals surface area contributed by atoms with Crippen LogP contribution in [0.3, 0.4) is 0 Å². The van der Waals surface area contributed by atoms with Gasteiger partial charge >= 0.3 is 6.09 Å². The predicted octanol–water partition coefficient (Wildman–Crippen LogP) is 6.38. The molecule has 0 aliphatic rings. The molecular weight excluding hydrogens is 386 g/mol. The zero-order valence-electron chi connectivity index (χ0n) is 18.3. The van der Waals surface area contributed by atoms with Crippen molar-refractivity contribution in [3.05, 3.63) is 77.4 Å². The Morgan fingerprint density at radius 2 is 1.61 bits per heavy atom. The van der Waals surface area contributed by atoms with Crippen LogP contribution in [0.15, 0.2) is 60.7 Å². The number of hydrogen-bond donors (Lipinski definition) is 2. The molecule has 0 atom stereocenters. The molecule has 0 radical (unpaired) electrons. The van der Waals surface area contributed by atoms with Crippen LogP contribution in [-0.2, 0) is 11.3 Å². The smallest absolute Gasteiger partial charge is 0.407 e. The number of amides is 1. The van der Waals surface area contributed by atoms with E-state index >= 15 is 0 Å². The summed E-state index contributed by atoms with van der Waals surface area (Å²) in [7, 11) is 0. The molecule has 5 heteroatoms. The quantitative estimate of drug-likeness (QED) is 0.373. The Hall–Kier alpha value is -3.60. The van der Waals surface area contributed by atoms with Crippen LogP contribution < -0.4 is 10.6 Å². The van der Waals surface area contributed by atoms with Crippen molar-refractivity contribution >= 4 is 39.3 Å². The lowest BCUT2D eigenvalue weighted by Gasteiger charge is -2.15. The van der Waals surface area contributed by atoms with Crippen molar-refractivity contribution in [2.75, 3.05) is 5.32 Å². The van der Waals surface area contributed by atoms with Crippen LogP contribution in [0.5, 0.6) is 0 Å². The monoisotopic (exact) mass is 413 g/mol. The Morgan fingerprint density at radius 3 is 2.35 bits per heavy atom. The lowest BCUT2D eigenvalue weighted by molar-refractivity contribution is 0.137. The number of aromatic nitrogens is 1. The summed E-state index contributed by atoms with van der Waals surface area (Å²) < 4.78 is 5.26. The molecule has 0 unspecified atom stereocenters. The van der Waals surface area contributed by atoms with Crippen LogP contribution in [0.1, 0.15) is 30.5 Å². The van der Waals surface area contributed by atoms with E-state index in [2.05, 4.69) is 60.9 Å². The van der Waals surface area contributed by atoms with Crippen LogP contribution in [0.4, 0.5) is 16.2 Å². The van der Waals surface area contributed by atoms with E-state index in [1.165, 1.54) is 11.1 Å². The molecular formula is C26H27N3O2. The molecule has 1 aromatic heterocycles. The van der Waals surface area contributed by atoms with E-state index in [0.717, 1.165) is 38.7 Å². The number of fused-ring (bicyclic) bond motifs is 2. The van der Waals surface area contributed by atoms with E-state index in [4.69, 9.17) is 9.72 Å². The highest BCUT2D eigenvalue weighted by Gasteiger charge is 2.11. The van der Waals surface area contributed by atoms with Gasteiger partial charge in [-0.25, -0.2) is 9.78 Å². The average Bonchev–Trinajstić information content (AvgIpc) is 2.73. The summed E-state index contributed by atoms with van der Waals surface area (Å²) in [6, 6.07) is 20.7. The third kappa shape index (κ3) is 4.77. The molecule has 5 nitrogen and oxygen atoms in total. The van der Waals surface area contributed by atoms with E-state index in [0.29, 0.717) is 0 Å². The van der Waals surface area contributed by atoms with Gasteiger partial charge < -0.3 is 15.4 Å². The normalized spacial score (nSPS) is 11.1. The van der Waals surface area contributed by atoms with Gasteiger partial charge in [0.15, 0.2) is 0 Å². The molecule has 158 valence electrons. The Labute approximate surface area is 182 Å². The van der Waals surface area contributed by atoms with Gasteiger partial charge in [0.2, 0.25) is 0 Å². The number of hydrogen-bond acceptors (Lipinski definition) is 4. The maximum atomic E-state index is 11.7. The summed E-state index contributed by atoms with van der Waals surface area (Å²) in [4.78, 5) is 16.5. The van der Waals surface area contributed by atoms with Gasteiger partial charge in [0.25, 0.3) is 0 Å². The average molecular weight is 414 g/mol. The standard InChI is InChI=1S/C26H27N3O2/c1-16(2)27-26(30)31-15-19-7-9-20(10-8-19)28-25-21-11-5-18(4)14-24(21)29-23-12-6-17(3)13-22(23)25/h5-14,16H,15H2,1-4H3,(H,27,30)(H,28,29). The Kier molecular flexibility index (Phi) is 5.76. The van der Waals surface area contributed by atoms with Crippen molar-refractivity contribution in [2.24, 2.45) is 0 Å². The first kappa shape index (κ1) is 20.7. The first-order valence-electron chi connectivity index (χ1n) is 10.5. The third-order valence-corrected chi connectivity index (χ3v) is 5.08. The predicted molar refractivity (Wildman–Crippen MR) is 127 cm³/mol. The maximum Gasteiger partial charge on any atom is 0.407 e. The van der Waals surface area contributed by atoms with Crippen LogP contribution >= 0.6 is 0 Å². The number of carbonyl (C=O) groups is 1. The number of alkyl carbamates (subject to hydrolysis) is 1. The van der Waals surface area contributed by atoms with Crippen molar-refractivity contribution in [1.82, 2.24) is 10.3 Å². The number of ether oxygens (including phenoxy) is 1. The molecule has 0 aliphatic heterocycles. The molecule has 0 bridgehead atoms. The fourth-order valence-electron chi connectivity index (χ4n) is 3.56. The summed E-state index contributed by atoms with van der Waals surface area (Å²) in [5.74, 6) is 0. The summed E-state index contributed by atoms with van der Waals surface area (Å²) in [5.41, 5.74) is 7.25. The molecule has 1 heterocycles. The van der Waals surface area contributed by atoms with Crippen molar-refractivity contribution < 1.29 is 9.53 Å². The van der Waals surface area contributed by atoms with Crippen molar-refractivity contribution in [3.63, 3.8) is 0 Å². The second-order valence-corrected chi connectivity index (χ2v) is 8.23. The van der Waals surface area contributed by atoms with Crippen molar-refractivity contribution in [2.45, 2.75) is 40.3 Å². The number of benzene rings is 3. The minimum atomic E-state index is -0.405. The van der Waals surface area contributed by atoms with Gasteiger partial charge in [0, 0.05) is 22.5 Å². The lowest BCUT2D eigenvalue weighted by atomic mass is 10.0. The molecule has 0 fully saturated rings. The first-order chi connectivity index (χ1) is 14.9. The number of carbonyl (C=O) groups excluding carboxylic acids is 1. The fourth-order valence-corrected chi connectivity index (χ4v) is 3.56. The van der Waals surface area contributed by atoms with Gasteiger partial charge in [-0.3, -0.25) is 0 Å². The summed E-state index contributed by atoms with van der Waals surface area (Å²) in [6.07, 6.45) is -0.405. The SMILES string of the molecule is Cc1ccc2c(Nc3ccc(COC(=O)NC(C)C)cc3)c3cc(C)ccc3nc2c1. The Balaban J connectivity index is 1.63. The molecule has 2 N–H and O–H groups in total. The zero-order chi connectivity index (χ0) is 22.0. The summed E-state index contributed by atoms with van der Waals surface area (Å²) in [6.45, 7) is 8.20. The van der Waals surface area contributed by atoms with Gasteiger partial charge in [-0.05, 0) is 69.2 Å². The number of pyridine rings is 1. The van der Waals surface area contributed by atoms with Crippen LogP contribution in [0.25, 0.3) is 21.8 Å². The molecule has 4 aromatic rings. The molecule has 3 aromatic carbocycles. The van der Waals surface area contributed by atoms with Gasteiger partial charge in [0.05, 0.1) is 16.7 Å². The molecule has 0 saturated heterocycles. The molecule has 31 heavy (non-hydrogen) atoms. The number of aryl methyl sites for hydroxylation is 2. The lowest BCUT2D eigenvalue weighted by Crippen LogP contribution is -2.30. The van der Waals surface area contributed by atoms with E-state index in [1.807, 2.05) is 38.1 Å². The fraction of sp³-hybridized carbons (Fsp3) is 0.231. The summed E-state index contributed by atoms with van der Waals surface area (Å²) in [5, 5.41) is 8.49. The highest BCUT2D eigenvalue weighted by molar-refractivity contribution is 6.09.